The highest BCUT2D eigenvalue weighted by molar-refractivity contribution is 8.00. The molecule has 3 amide bonds. The number of carbonyl (C=O) groups is 2. The van der Waals surface area contributed by atoms with Crippen molar-refractivity contribution < 1.29 is 9.59 Å². The Bertz CT molecular complexity index is 878. The Balaban J connectivity index is 1.47. The van der Waals surface area contributed by atoms with Gasteiger partial charge in [-0.1, -0.05) is 11.8 Å². The maximum Gasteiger partial charge on any atom is 0.321 e. The van der Waals surface area contributed by atoms with Crippen LogP contribution in [0.1, 0.15) is 43.0 Å². The molecule has 1 saturated carbocycles. The molecule has 0 bridgehead atoms. The van der Waals surface area contributed by atoms with Crippen LogP contribution in [0.4, 0.5) is 10.6 Å². The van der Waals surface area contributed by atoms with E-state index in [2.05, 4.69) is 20.6 Å². The third kappa shape index (κ3) is 3.64. The number of hydrogen-bond acceptors (Lipinski definition) is 7. The molecule has 0 saturated heterocycles. The van der Waals surface area contributed by atoms with Crippen molar-refractivity contribution in [1.29, 1.82) is 0 Å². The van der Waals surface area contributed by atoms with Crippen molar-refractivity contribution in [2.24, 2.45) is 0 Å². The summed E-state index contributed by atoms with van der Waals surface area (Å²) in [5, 5.41) is 6.06. The standard InChI is InChI=1S/C17H21N5O2S2/c1-8(14(23)21-16(24)19-9-6-7-9)25-17-20-13(18)12-10-4-2-3-5-11(10)26-15(12)22-17/h8-9H,2-7H2,1H3,(H2,18,20,22)(H2,19,21,23,24). The lowest BCUT2D eigenvalue weighted by Crippen LogP contribution is -2.43. The van der Waals surface area contributed by atoms with E-state index in [0.717, 1.165) is 35.9 Å². The number of rotatable bonds is 4. The minimum atomic E-state index is -0.494. The summed E-state index contributed by atoms with van der Waals surface area (Å²) in [6.45, 7) is 1.73. The maximum absolute atomic E-state index is 12.2. The van der Waals surface area contributed by atoms with Gasteiger partial charge in [-0.25, -0.2) is 14.8 Å². The highest BCUT2D eigenvalue weighted by Gasteiger charge is 2.26. The Kier molecular flexibility index (Phi) is 4.74. The fourth-order valence-corrected chi connectivity index (χ4v) is 5.20. The van der Waals surface area contributed by atoms with E-state index in [1.54, 1.807) is 18.3 Å². The molecular formula is C17H21N5O2S2. The number of thioether (sulfide) groups is 1. The number of fused-ring (bicyclic) bond motifs is 3. The summed E-state index contributed by atoms with van der Waals surface area (Å²) >= 11 is 2.89. The van der Waals surface area contributed by atoms with Gasteiger partial charge in [0.1, 0.15) is 10.6 Å². The van der Waals surface area contributed by atoms with Crippen LogP contribution in [0.3, 0.4) is 0 Å². The van der Waals surface area contributed by atoms with Gasteiger partial charge in [0.25, 0.3) is 0 Å². The Hall–Kier alpha value is -1.87. The van der Waals surface area contributed by atoms with Crippen molar-refractivity contribution in [2.75, 3.05) is 5.73 Å². The number of nitrogens with one attached hydrogen (secondary N) is 2. The Morgan fingerprint density at radius 2 is 2.04 bits per heavy atom. The average molecular weight is 392 g/mol. The number of carbonyl (C=O) groups excluding carboxylic acids is 2. The summed E-state index contributed by atoms with van der Waals surface area (Å²) in [6.07, 6.45) is 6.44. The molecule has 1 unspecified atom stereocenters. The number of thiophene rings is 1. The van der Waals surface area contributed by atoms with Crippen molar-refractivity contribution in [1.82, 2.24) is 20.6 Å². The zero-order valence-corrected chi connectivity index (χ0v) is 16.1. The van der Waals surface area contributed by atoms with Crippen molar-refractivity contribution in [3.63, 3.8) is 0 Å². The van der Waals surface area contributed by atoms with Gasteiger partial charge in [0, 0.05) is 10.9 Å². The molecule has 0 spiro atoms. The molecule has 4 N–H and O–H groups in total. The summed E-state index contributed by atoms with van der Waals surface area (Å²) in [6, 6.07) is -0.229. The number of amides is 3. The lowest BCUT2D eigenvalue weighted by molar-refractivity contribution is -0.119. The quantitative estimate of drug-likeness (QED) is 0.546. The second-order valence-corrected chi connectivity index (χ2v) is 9.17. The van der Waals surface area contributed by atoms with Crippen molar-refractivity contribution in [3.8, 4) is 0 Å². The van der Waals surface area contributed by atoms with Gasteiger partial charge in [0.15, 0.2) is 5.16 Å². The molecule has 0 aromatic carbocycles. The van der Waals surface area contributed by atoms with Crippen LogP contribution < -0.4 is 16.4 Å². The van der Waals surface area contributed by atoms with Crippen LogP contribution in [0.2, 0.25) is 0 Å². The SMILES string of the molecule is CC(Sc1nc(N)c2c3c(sc2n1)CCCC3)C(=O)NC(=O)NC1CC1. The molecule has 26 heavy (non-hydrogen) atoms. The Morgan fingerprint density at radius 1 is 1.27 bits per heavy atom. The number of hydrogen-bond donors (Lipinski definition) is 3. The van der Waals surface area contributed by atoms with E-state index < -0.39 is 11.3 Å². The number of anilines is 1. The van der Waals surface area contributed by atoms with Gasteiger partial charge in [-0.3, -0.25) is 10.1 Å². The van der Waals surface area contributed by atoms with Crippen LogP contribution in [0.15, 0.2) is 5.16 Å². The number of aryl methyl sites for hydroxylation is 2. The molecule has 9 heteroatoms. The molecule has 0 aliphatic heterocycles. The first-order valence-corrected chi connectivity index (χ1v) is 10.6. The summed E-state index contributed by atoms with van der Waals surface area (Å²) in [5.74, 6) is 0.122. The Morgan fingerprint density at radius 3 is 2.81 bits per heavy atom. The molecular weight excluding hydrogens is 370 g/mol. The summed E-state index contributed by atoms with van der Waals surface area (Å²) in [4.78, 5) is 35.2. The fourth-order valence-electron chi connectivity index (χ4n) is 3.09. The highest BCUT2D eigenvalue weighted by Crippen LogP contribution is 2.38. The lowest BCUT2D eigenvalue weighted by Gasteiger charge is -2.12. The third-order valence-corrected chi connectivity index (χ3v) is 6.77. The van der Waals surface area contributed by atoms with Gasteiger partial charge in [-0.05, 0) is 51.0 Å². The van der Waals surface area contributed by atoms with E-state index in [4.69, 9.17) is 5.73 Å². The van der Waals surface area contributed by atoms with Crippen molar-refractivity contribution >= 4 is 51.1 Å². The summed E-state index contributed by atoms with van der Waals surface area (Å²) in [5.41, 5.74) is 7.50. The van der Waals surface area contributed by atoms with Crippen LogP contribution in [0, 0.1) is 0 Å². The normalized spacial score (nSPS) is 17.6. The van der Waals surface area contributed by atoms with E-state index in [9.17, 15) is 9.59 Å². The van der Waals surface area contributed by atoms with Crippen LogP contribution in [-0.4, -0.2) is 33.2 Å². The van der Waals surface area contributed by atoms with Crippen molar-refractivity contribution in [2.45, 2.75) is 61.9 Å². The zero-order valence-electron chi connectivity index (χ0n) is 14.5. The van der Waals surface area contributed by atoms with E-state index in [1.807, 2.05) is 0 Å². The molecule has 138 valence electrons. The zero-order chi connectivity index (χ0) is 18.3. The molecule has 2 aromatic rings. The Labute approximate surface area is 159 Å². The van der Waals surface area contributed by atoms with Crippen LogP contribution in [0.5, 0.6) is 0 Å². The molecule has 4 rings (SSSR count). The molecule has 1 fully saturated rings. The highest BCUT2D eigenvalue weighted by atomic mass is 32.2. The number of urea groups is 1. The van der Waals surface area contributed by atoms with E-state index in [-0.39, 0.29) is 11.9 Å². The van der Waals surface area contributed by atoms with E-state index in [1.165, 1.54) is 35.0 Å². The summed E-state index contributed by atoms with van der Waals surface area (Å²) in [7, 11) is 0. The predicted molar refractivity (Wildman–Crippen MR) is 103 cm³/mol. The first kappa shape index (κ1) is 17.5. The molecule has 2 heterocycles. The molecule has 2 aromatic heterocycles. The summed E-state index contributed by atoms with van der Waals surface area (Å²) < 4.78 is 0. The number of nitrogens with zero attached hydrogens (tertiary/aromatic N) is 2. The second-order valence-electron chi connectivity index (χ2n) is 6.78. The van der Waals surface area contributed by atoms with Gasteiger partial charge in [-0.2, -0.15) is 0 Å². The third-order valence-electron chi connectivity index (χ3n) is 4.62. The largest absolute Gasteiger partial charge is 0.383 e. The smallest absolute Gasteiger partial charge is 0.321 e. The molecule has 2 aliphatic carbocycles. The van der Waals surface area contributed by atoms with Gasteiger partial charge < -0.3 is 11.1 Å². The molecule has 7 nitrogen and oxygen atoms in total. The molecule has 0 radical (unpaired) electrons. The minimum Gasteiger partial charge on any atom is -0.383 e. The molecule has 1 atom stereocenters. The fraction of sp³-hybridized carbons (Fsp3) is 0.529. The average Bonchev–Trinajstić information content (AvgIpc) is 3.31. The van der Waals surface area contributed by atoms with Crippen LogP contribution in [-0.2, 0) is 17.6 Å². The number of nitrogen functional groups attached to an aromatic ring is 1. The topological polar surface area (TPSA) is 110 Å². The van der Waals surface area contributed by atoms with Crippen LogP contribution >= 0.6 is 23.1 Å². The van der Waals surface area contributed by atoms with Crippen LogP contribution in [0.25, 0.3) is 10.2 Å². The number of aromatic nitrogens is 2. The van der Waals surface area contributed by atoms with E-state index in [0.29, 0.717) is 11.0 Å². The molecule has 2 aliphatic rings. The van der Waals surface area contributed by atoms with Gasteiger partial charge >= 0.3 is 6.03 Å². The monoisotopic (exact) mass is 391 g/mol. The minimum absolute atomic E-state index is 0.209. The van der Waals surface area contributed by atoms with E-state index >= 15 is 0 Å². The second kappa shape index (κ2) is 7.03. The van der Waals surface area contributed by atoms with Crippen molar-refractivity contribution in [3.05, 3.63) is 10.4 Å². The van der Waals surface area contributed by atoms with Gasteiger partial charge in [0.2, 0.25) is 5.91 Å². The first-order valence-electron chi connectivity index (χ1n) is 8.87. The number of imide groups is 1. The predicted octanol–water partition coefficient (Wildman–Crippen LogP) is 2.62. The first-order chi connectivity index (χ1) is 12.5. The number of nitrogens with two attached hydrogens (primary N) is 1. The van der Waals surface area contributed by atoms with Gasteiger partial charge in [0.05, 0.1) is 10.6 Å². The lowest BCUT2D eigenvalue weighted by atomic mass is 9.97. The maximum atomic E-state index is 12.2. The van der Waals surface area contributed by atoms with Gasteiger partial charge in [-0.15, -0.1) is 11.3 Å².